The molecule has 2 fully saturated rings. The minimum Gasteiger partial charge on any atom is -0.481 e. The van der Waals surface area contributed by atoms with Crippen LogP contribution in [0.2, 0.25) is 0 Å². The second-order valence-corrected chi connectivity index (χ2v) is 6.83. The van der Waals surface area contributed by atoms with Crippen LogP contribution in [-0.2, 0) is 9.53 Å². The van der Waals surface area contributed by atoms with Crippen LogP contribution >= 0.6 is 11.8 Å². The minimum absolute atomic E-state index is 0.173. The van der Waals surface area contributed by atoms with E-state index in [0.717, 1.165) is 12.8 Å². The standard InChI is InChI=1S/C13H22N2O4S/c1-15(10-7-19-6-9(10)11(16)17)12(18)14-8-13(20-2)4-3-5-13/h9-10H,3-8H2,1-2H3,(H,14,18)(H,16,17). The van der Waals surface area contributed by atoms with Crippen LogP contribution in [0.5, 0.6) is 0 Å². The topological polar surface area (TPSA) is 78.9 Å². The Hall–Kier alpha value is -0.950. The first-order valence-electron chi connectivity index (χ1n) is 6.85. The molecule has 114 valence electrons. The fourth-order valence-corrected chi connectivity index (χ4v) is 3.61. The van der Waals surface area contributed by atoms with Gasteiger partial charge in [0.2, 0.25) is 0 Å². The highest BCUT2D eigenvalue weighted by molar-refractivity contribution is 8.00. The molecule has 2 N–H and O–H groups in total. The maximum Gasteiger partial charge on any atom is 0.317 e. The summed E-state index contributed by atoms with van der Waals surface area (Å²) in [7, 11) is 1.64. The molecule has 1 heterocycles. The number of hydrogen-bond donors (Lipinski definition) is 2. The number of carbonyl (C=O) groups is 2. The summed E-state index contributed by atoms with van der Waals surface area (Å²) in [6.07, 6.45) is 5.54. The van der Waals surface area contributed by atoms with Crippen molar-refractivity contribution in [3.63, 3.8) is 0 Å². The summed E-state index contributed by atoms with van der Waals surface area (Å²) in [5.74, 6) is -1.55. The Kier molecular flexibility index (Phi) is 4.80. The molecule has 0 aromatic heterocycles. The number of nitrogens with zero attached hydrogens (tertiary/aromatic N) is 1. The van der Waals surface area contributed by atoms with E-state index in [-0.39, 0.29) is 30.0 Å². The zero-order valence-corrected chi connectivity index (χ0v) is 12.7. The lowest BCUT2D eigenvalue weighted by atomic mass is 9.84. The maximum atomic E-state index is 12.2. The molecule has 2 aliphatic rings. The number of carboxylic acids is 1. The Morgan fingerprint density at radius 2 is 2.15 bits per heavy atom. The van der Waals surface area contributed by atoms with Gasteiger partial charge in [0.1, 0.15) is 5.92 Å². The molecule has 1 aliphatic carbocycles. The van der Waals surface area contributed by atoms with Crippen molar-refractivity contribution in [2.45, 2.75) is 30.1 Å². The van der Waals surface area contributed by atoms with Gasteiger partial charge in [0, 0.05) is 18.3 Å². The van der Waals surface area contributed by atoms with Crippen LogP contribution in [-0.4, -0.2) is 65.9 Å². The Morgan fingerprint density at radius 1 is 1.45 bits per heavy atom. The molecule has 1 aliphatic heterocycles. The predicted octanol–water partition coefficient (Wildman–Crippen LogP) is 1.01. The van der Waals surface area contributed by atoms with E-state index in [1.165, 1.54) is 11.3 Å². The monoisotopic (exact) mass is 302 g/mol. The summed E-state index contributed by atoms with van der Waals surface area (Å²) < 4.78 is 5.37. The van der Waals surface area contributed by atoms with Crippen molar-refractivity contribution < 1.29 is 19.4 Å². The Balaban J connectivity index is 1.87. The summed E-state index contributed by atoms with van der Waals surface area (Å²) in [5.41, 5.74) is 0. The zero-order chi connectivity index (χ0) is 14.8. The first kappa shape index (κ1) is 15.4. The summed E-state index contributed by atoms with van der Waals surface area (Å²) in [6, 6.07) is -0.605. The molecule has 20 heavy (non-hydrogen) atoms. The molecule has 1 saturated heterocycles. The average Bonchev–Trinajstić information content (AvgIpc) is 2.86. The predicted molar refractivity (Wildman–Crippen MR) is 77.0 cm³/mol. The van der Waals surface area contributed by atoms with Gasteiger partial charge in [-0.2, -0.15) is 11.8 Å². The highest BCUT2D eigenvalue weighted by Gasteiger charge is 2.40. The lowest BCUT2D eigenvalue weighted by Crippen LogP contribution is -2.52. The van der Waals surface area contributed by atoms with E-state index < -0.39 is 11.9 Å². The lowest BCUT2D eigenvalue weighted by molar-refractivity contribution is -0.142. The second-order valence-electron chi connectivity index (χ2n) is 5.56. The number of aliphatic carboxylic acids is 1. The maximum absolute atomic E-state index is 12.2. The molecule has 2 atom stereocenters. The van der Waals surface area contributed by atoms with E-state index in [4.69, 9.17) is 9.84 Å². The Morgan fingerprint density at radius 3 is 2.65 bits per heavy atom. The van der Waals surface area contributed by atoms with E-state index in [0.29, 0.717) is 6.54 Å². The molecular weight excluding hydrogens is 280 g/mol. The van der Waals surface area contributed by atoms with Gasteiger partial charge in [-0.15, -0.1) is 0 Å². The molecule has 1 saturated carbocycles. The van der Waals surface area contributed by atoms with Gasteiger partial charge in [-0.25, -0.2) is 4.79 Å². The summed E-state index contributed by atoms with van der Waals surface area (Å²) in [4.78, 5) is 24.7. The third kappa shape index (κ3) is 3.03. The number of rotatable bonds is 5. The average molecular weight is 302 g/mol. The van der Waals surface area contributed by atoms with Gasteiger partial charge in [0.25, 0.3) is 0 Å². The SMILES string of the molecule is CSC1(CNC(=O)N(C)C2COCC2C(=O)O)CCC1. The summed E-state index contributed by atoms with van der Waals surface area (Å²) in [6.45, 7) is 1.10. The lowest BCUT2D eigenvalue weighted by Gasteiger charge is -2.41. The highest BCUT2D eigenvalue weighted by Crippen LogP contribution is 2.42. The Bertz CT molecular complexity index is 381. The quantitative estimate of drug-likeness (QED) is 0.792. The molecule has 0 spiro atoms. The third-order valence-corrected chi connectivity index (χ3v) is 5.86. The van der Waals surface area contributed by atoms with Crippen LogP contribution in [0, 0.1) is 5.92 Å². The molecular formula is C13H22N2O4S. The van der Waals surface area contributed by atoms with Gasteiger partial charge >= 0.3 is 12.0 Å². The number of thioether (sulfide) groups is 1. The van der Waals surface area contributed by atoms with E-state index in [9.17, 15) is 9.59 Å². The molecule has 6 nitrogen and oxygen atoms in total. The number of amides is 2. The first-order valence-corrected chi connectivity index (χ1v) is 8.08. The van der Waals surface area contributed by atoms with Crippen LogP contribution < -0.4 is 5.32 Å². The van der Waals surface area contributed by atoms with Crippen LogP contribution in [0.15, 0.2) is 0 Å². The van der Waals surface area contributed by atoms with E-state index in [2.05, 4.69) is 11.6 Å². The van der Waals surface area contributed by atoms with E-state index in [1.54, 1.807) is 18.8 Å². The van der Waals surface area contributed by atoms with Crippen molar-refractivity contribution in [2.24, 2.45) is 5.92 Å². The largest absolute Gasteiger partial charge is 0.481 e. The van der Waals surface area contributed by atoms with Gasteiger partial charge in [-0.3, -0.25) is 4.79 Å². The van der Waals surface area contributed by atoms with E-state index in [1.807, 2.05) is 0 Å². The molecule has 2 amide bonds. The van der Waals surface area contributed by atoms with Gasteiger partial charge in [-0.1, -0.05) is 6.42 Å². The van der Waals surface area contributed by atoms with Crippen LogP contribution in [0.3, 0.4) is 0 Å². The van der Waals surface area contributed by atoms with Crippen LogP contribution in [0.1, 0.15) is 19.3 Å². The smallest absolute Gasteiger partial charge is 0.317 e. The van der Waals surface area contributed by atoms with Crippen LogP contribution in [0.4, 0.5) is 4.79 Å². The molecule has 2 unspecified atom stereocenters. The number of urea groups is 1. The normalized spacial score (nSPS) is 27.7. The van der Waals surface area contributed by atoms with Crippen molar-refractivity contribution >= 4 is 23.8 Å². The molecule has 0 aromatic rings. The van der Waals surface area contributed by atoms with Gasteiger partial charge < -0.3 is 20.1 Å². The van der Waals surface area contributed by atoms with Crippen molar-refractivity contribution in [1.82, 2.24) is 10.2 Å². The fourth-order valence-electron chi connectivity index (χ4n) is 2.70. The fraction of sp³-hybridized carbons (Fsp3) is 0.846. The second kappa shape index (κ2) is 6.22. The number of nitrogens with one attached hydrogen (secondary N) is 1. The van der Waals surface area contributed by atoms with Gasteiger partial charge in [0.15, 0.2) is 0 Å². The number of ether oxygens (including phenoxy) is 1. The molecule has 0 aromatic carbocycles. The molecule has 0 radical (unpaired) electrons. The van der Waals surface area contributed by atoms with Crippen molar-refractivity contribution in [1.29, 1.82) is 0 Å². The third-order valence-electron chi connectivity index (χ3n) is 4.45. The highest BCUT2D eigenvalue weighted by atomic mass is 32.2. The van der Waals surface area contributed by atoms with Crippen LogP contribution in [0.25, 0.3) is 0 Å². The zero-order valence-electron chi connectivity index (χ0n) is 11.9. The number of carboxylic acid groups (broad SMARTS) is 1. The van der Waals surface area contributed by atoms with Crippen molar-refractivity contribution in [3.8, 4) is 0 Å². The van der Waals surface area contributed by atoms with Crippen molar-refractivity contribution in [3.05, 3.63) is 0 Å². The molecule has 2 rings (SSSR count). The number of likely N-dealkylation sites (N-methyl/N-ethyl adjacent to an activating group) is 1. The van der Waals surface area contributed by atoms with Crippen molar-refractivity contribution in [2.75, 3.05) is 33.1 Å². The summed E-state index contributed by atoms with van der Waals surface area (Å²) >= 11 is 1.80. The number of carbonyl (C=O) groups excluding carboxylic acids is 1. The van der Waals surface area contributed by atoms with E-state index >= 15 is 0 Å². The minimum atomic E-state index is -0.910. The molecule has 0 bridgehead atoms. The van der Waals surface area contributed by atoms with Gasteiger partial charge in [0.05, 0.1) is 19.3 Å². The van der Waals surface area contributed by atoms with Gasteiger partial charge in [-0.05, 0) is 19.1 Å². The molecule has 7 heteroatoms. The Labute approximate surface area is 123 Å². The first-order chi connectivity index (χ1) is 9.49. The summed E-state index contributed by atoms with van der Waals surface area (Å²) in [5, 5.41) is 12.0. The number of hydrogen-bond acceptors (Lipinski definition) is 4.